The van der Waals surface area contributed by atoms with Crippen molar-refractivity contribution < 1.29 is 9.53 Å². The molecule has 0 aromatic carbocycles. The second-order valence-corrected chi connectivity index (χ2v) is 5.59. The summed E-state index contributed by atoms with van der Waals surface area (Å²) in [4.78, 5) is 18.0. The lowest BCUT2D eigenvalue weighted by Gasteiger charge is -2.25. The van der Waals surface area contributed by atoms with Crippen molar-refractivity contribution in [3.63, 3.8) is 0 Å². The van der Waals surface area contributed by atoms with E-state index in [-0.39, 0.29) is 12.1 Å². The van der Waals surface area contributed by atoms with Crippen molar-refractivity contribution in [2.24, 2.45) is 10.9 Å². The van der Waals surface area contributed by atoms with Gasteiger partial charge in [-0.2, -0.15) is 0 Å². The lowest BCUT2D eigenvalue weighted by atomic mass is 10.2. The molecule has 1 rings (SSSR count). The van der Waals surface area contributed by atoms with Gasteiger partial charge in [0.05, 0.1) is 12.6 Å². The van der Waals surface area contributed by atoms with E-state index in [0.29, 0.717) is 19.1 Å². The van der Waals surface area contributed by atoms with Gasteiger partial charge in [-0.05, 0) is 38.5 Å². The number of guanidine groups is 1. The largest absolute Gasteiger partial charge is 0.450 e. The first-order valence-corrected chi connectivity index (χ1v) is 8.08. The molecule has 22 heavy (non-hydrogen) atoms. The van der Waals surface area contributed by atoms with Gasteiger partial charge in [-0.25, -0.2) is 4.79 Å². The Morgan fingerprint density at radius 3 is 2.82 bits per heavy atom. The second-order valence-electron chi connectivity index (χ2n) is 5.59. The van der Waals surface area contributed by atoms with Gasteiger partial charge < -0.3 is 20.3 Å². The van der Waals surface area contributed by atoms with Crippen molar-refractivity contribution >= 4 is 12.1 Å². The Morgan fingerprint density at radius 2 is 2.27 bits per heavy atom. The number of alkyl carbamates (subject to hydrolysis) is 1. The van der Waals surface area contributed by atoms with Crippen molar-refractivity contribution in [2.45, 2.75) is 38.6 Å². The molecule has 1 unspecified atom stereocenters. The monoisotopic (exact) mass is 310 g/mol. The lowest BCUT2D eigenvalue weighted by molar-refractivity contribution is 0.146. The molecule has 0 heterocycles. The fraction of sp³-hybridized carbons (Fsp3) is 0.750. The van der Waals surface area contributed by atoms with Crippen LogP contribution in [-0.2, 0) is 4.74 Å². The molecule has 0 aromatic rings. The number of ether oxygens (including phenoxy) is 1. The molecular weight excluding hydrogens is 280 g/mol. The number of allylic oxidation sites excluding steroid dienone is 1. The molecule has 1 amide bonds. The van der Waals surface area contributed by atoms with Gasteiger partial charge in [0.25, 0.3) is 0 Å². The lowest BCUT2D eigenvalue weighted by Crippen LogP contribution is -2.48. The van der Waals surface area contributed by atoms with Gasteiger partial charge in [0, 0.05) is 27.2 Å². The summed E-state index contributed by atoms with van der Waals surface area (Å²) in [6.45, 7) is 7.53. The van der Waals surface area contributed by atoms with Crippen LogP contribution in [0.15, 0.2) is 17.6 Å². The molecule has 2 N–H and O–H groups in total. The zero-order valence-electron chi connectivity index (χ0n) is 14.1. The summed E-state index contributed by atoms with van der Waals surface area (Å²) in [7, 11) is 3.79. The minimum Gasteiger partial charge on any atom is -0.450 e. The Labute approximate surface area is 134 Å². The normalized spacial score (nSPS) is 15.9. The van der Waals surface area contributed by atoms with E-state index in [1.807, 2.05) is 20.0 Å². The summed E-state index contributed by atoms with van der Waals surface area (Å²) in [5.41, 5.74) is 0. The van der Waals surface area contributed by atoms with Crippen molar-refractivity contribution in [1.82, 2.24) is 15.5 Å². The Balaban J connectivity index is 2.41. The van der Waals surface area contributed by atoms with Crippen LogP contribution in [0, 0.1) is 5.92 Å². The van der Waals surface area contributed by atoms with E-state index in [9.17, 15) is 4.79 Å². The van der Waals surface area contributed by atoms with Gasteiger partial charge in [-0.15, -0.1) is 6.58 Å². The van der Waals surface area contributed by atoms with E-state index in [1.54, 1.807) is 7.05 Å². The highest BCUT2D eigenvalue weighted by Gasteiger charge is 2.32. The standard InChI is InChI=1S/C16H30N4O2/c1-5-7-8-11-20(4)15(17-3)18-12-14(13-9-10-13)19-16(21)22-6-2/h5,13-14H,1,6-12H2,2-4H3,(H,17,18)(H,19,21). The molecule has 0 spiro atoms. The molecule has 6 heteroatoms. The highest BCUT2D eigenvalue weighted by Crippen LogP contribution is 2.32. The Hall–Kier alpha value is -1.72. The zero-order chi connectivity index (χ0) is 16.4. The molecular formula is C16H30N4O2. The number of amides is 1. The molecule has 1 fully saturated rings. The summed E-state index contributed by atoms with van der Waals surface area (Å²) in [6.07, 6.45) is 5.95. The van der Waals surface area contributed by atoms with E-state index in [1.165, 1.54) is 0 Å². The maximum absolute atomic E-state index is 11.6. The van der Waals surface area contributed by atoms with E-state index >= 15 is 0 Å². The number of hydrogen-bond acceptors (Lipinski definition) is 3. The van der Waals surface area contributed by atoms with Gasteiger partial charge in [-0.3, -0.25) is 4.99 Å². The number of rotatable bonds is 9. The maximum Gasteiger partial charge on any atom is 0.407 e. The summed E-state index contributed by atoms with van der Waals surface area (Å²) < 4.78 is 4.97. The van der Waals surface area contributed by atoms with Crippen LogP contribution in [0.4, 0.5) is 4.79 Å². The first-order valence-electron chi connectivity index (χ1n) is 8.08. The summed E-state index contributed by atoms with van der Waals surface area (Å²) in [5, 5.41) is 6.28. The second kappa shape index (κ2) is 10.1. The molecule has 0 radical (unpaired) electrons. The number of nitrogens with zero attached hydrogens (tertiary/aromatic N) is 2. The maximum atomic E-state index is 11.6. The molecule has 126 valence electrons. The van der Waals surface area contributed by atoms with Crippen LogP contribution >= 0.6 is 0 Å². The van der Waals surface area contributed by atoms with Gasteiger partial charge in [0.15, 0.2) is 5.96 Å². The Bertz CT molecular complexity index is 380. The summed E-state index contributed by atoms with van der Waals surface area (Å²) >= 11 is 0. The van der Waals surface area contributed by atoms with Crippen molar-refractivity contribution in [1.29, 1.82) is 0 Å². The Morgan fingerprint density at radius 1 is 1.55 bits per heavy atom. The first-order chi connectivity index (χ1) is 10.6. The fourth-order valence-electron chi connectivity index (χ4n) is 2.32. The first kappa shape index (κ1) is 18.3. The van der Waals surface area contributed by atoms with Crippen LogP contribution in [0.2, 0.25) is 0 Å². The molecule has 1 aliphatic rings. The molecule has 1 aliphatic carbocycles. The summed E-state index contributed by atoms with van der Waals surface area (Å²) in [5.74, 6) is 1.39. The molecule has 1 saturated carbocycles. The number of unbranched alkanes of at least 4 members (excludes halogenated alkanes) is 1. The number of nitrogens with one attached hydrogen (secondary N) is 2. The quantitative estimate of drug-likeness (QED) is 0.296. The predicted molar refractivity (Wildman–Crippen MR) is 90.1 cm³/mol. The smallest absolute Gasteiger partial charge is 0.407 e. The van der Waals surface area contributed by atoms with Crippen molar-refractivity contribution in [2.75, 3.05) is 33.8 Å². The topological polar surface area (TPSA) is 66.0 Å². The Kier molecular flexibility index (Phi) is 8.40. The van der Waals surface area contributed by atoms with Crippen molar-refractivity contribution in [3.05, 3.63) is 12.7 Å². The van der Waals surface area contributed by atoms with Gasteiger partial charge in [-0.1, -0.05) is 6.08 Å². The minimum absolute atomic E-state index is 0.0948. The number of carbonyl (C=O) groups is 1. The average molecular weight is 310 g/mol. The van der Waals surface area contributed by atoms with Crippen LogP contribution in [0.5, 0.6) is 0 Å². The third kappa shape index (κ3) is 6.83. The minimum atomic E-state index is -0.337. The molecule has 0 aromatic heterocycles. The van der Waals surface area contributed by atoms with Crippen LogP contribution in [0.3, 0.4) is 0 Å². The number of aliphatic imine (C=N–C) groups is 1. The van der Waals surface area contributed by atoms with Crippen LogP contribution in [-0.4, -0.2) is 56.8 Å². The SMILES string of the molecule is C=CCCCN(C)C(=NC)NCC(NC(=O)OCC)C1CC1. The highest BCUT2D eigenvalue weighted by atomic mass is 16.5. The van der Waals surface area contributed by atoms with E-state index < -0.39 is 0 Å². The molecule has 1 atom stereocenters. The third-order valence-electron chi connectivity index (χ3n) is 3.72. The fourth-order valence-corrected chi connectivity index (χ4v) is 2.32. The van der Waals surface area contributed by atoms with Crippen LogP contribution in [0.25, 0.3) is 0 Å². The predicted octanol–water partition coefficient (Wildman–Crippen LogP) is 1.98. The van der Waals surface area contributed by atoms with Crippen LogP contribution in [0.1, 0.15) is 32.6 Å². The molecule has 0 aliphatic heterocycles. The average Bonchev–Trinajstić information content (AvgIpc) is 3.32. The highest BCUT2D eigenvalue weighted by molar-refractivity contribution is 5.79. The molecule has 6 nitrogen and oxygen atoms in total. The molecule has 0 saturated heterocycles. The van der Waals surface area contributed by atoms with Crippen molar-refractivity contribution in [3.8, 4) is 0 Å². The van der Waals surface area contributed by atoms with E-state index in [4.69, 9.17) is 4.74 Å². The summed E-state index contributed by atoms with van der Waals surface area (Å²) in [6, 6.07) is 0.0948. The van der Waals surface area contributed by atoms with Gasteiger partial charge in [0.2, 0.25) is 0 Å². The van der Waals surface area contributed by atoms with Crippen LogP contribution < -0.4 is 10.6 Å². The van der Waals surface area contributed by atoms with E-state index in [2.05, 4.69) is 27.1 Å². The van der Waals surface area contributed by atoms with Gasteiger partial charge in [0.1, 0.15) is 0 Å². The number of carbonyl (C=O) groups excluding carboxylic acids is 1. The third-order valence-corrected chi connectivity index (χ3v) is 3.72. The van der Waals surface area contributed by atoms with Gasteiger partial charge >= 0.3 is 6.09 Å². The number of hydrogen-bond donors (Lipinski definition) is 2. The van der Waals surface area contributed by atoms with E-state index in [0.717, 1.165) is 38.2 Å². The molecule has 0 bridgehead atoms. The zero-order valence-corrected chi connectivity index (χ0v) is 14.1.